The van der Waals surface area contributed by atoms with Crippen LogP contribution in [-0.2, 0) is 14.8 Å². The highest BCUT2D eigenvalue weighted by Crippen LogP contribution is 2.30. The van der Waals surface area contributed by atoms with Crippen LogP contribution in [0.25, 0.3) is 0 Å². The van der Waals surface area contributed by atoms with Crippen LogP contribution in [-0.4, -0.2) is 55.3 Å². The standard InChI is InChI=1S/C16H24N4O7S/c1-5-19(6-2)28(25,26)12-7-8-14(13(9-12)20(23)24)27-10-15(21)18-16(22)17-11(3)4/h7-9,11H,5-6,10H2,1-4H3,(H2,17,18,21,22). The van der Waals surface area contributed by atoms with E-state index in [1.54, 1.807) is 27.7 Å². The Morgan fingerprint density at radius 1 is 1.25 bits per heavy atom. The smallest absolute Gasteiger partial charge is 0.321 e. The molecule has 0 aliphatic carbocycles. The van der Waals surface area contributed by atoms with Crippen LogP contribution in [0.15, 0.2) is 23.1 Å². The molecule has 0 aliphatic heterocycles. The molecule has 0 unspecified atom stereocenters. The largest absolute Gasteiger partial charge is 0.477 e. The molecule has 0 bridgehead atoms. The fourth-order valence-electron chi connectivity index (χ4n) is 2.24. The van der Waals surface area contributed by atoms with E-state index in [2.05, 4.69) is 5.32 Å². The van der Waals surface area contributed by atoms with Crippen molar-refractivity contribution < 1.29 is 27.7 Å². The molecule has 0 fully saturated rings. The molecule has 0 spiro atoms. The zero-order valence-electron chi connectivity index (χ0n) is 16.1. The third-order valence-corrected chi connectivity index (χ3v) is 5.55. The number of imide groups is 1. The summed E-state index contributed by atoms with van der Waals surface area (Å²) in [6, 6.07) is 2.25. The molecule has 0 saturated heterocycles. The number of urea groups is 1. The van der Waals surface area contributed by atoms with Crippen molar-refractivity contribution >= 4 is 27.6 Å². The van der Waals surface area contributed by atoms with E-state index in [1.165, 1.54) is 6.07 Å². The minimum atomic E-state index is -3.89. The number of rotatable bonds is 9. The first-order valence-electron chi connectivity index (χ1n) is 8.54. The lowest BCUT2D eigenvalue weighted by Gasteiger charge is -2.18. The molecule has 28 heavy (non-hydrogen) atoms. The highest BCUT2D eigenvalue weighted by molar-refractivity contribution is 7.89. The van der Waals surface area contributed by atoms with Crippen LogP contribution in [0.1, 0.15) is 27.7 Å². The molecule has 0 radical (unpaired) electrons. The minimum Gasteiger partial charge on any atom is -0.477 e. The summed E-state index contributed by atoms with van der Waals surface area (Å²) < 4.78 is 31.3. The predicted molar refractivity (Wildman–Crippen MR) is 101 cm³/mol. The normalized spacial score (nSPS) is 11.4. The summed E-state index contributed by atoms with van der Waals surface area (Å²) in [5.41, 5.74) is -0.604. The lowest BCUT2D eigenvalue weighted by molar-refractivity contribution is -0.386. The number of sulfonamides is 1. The van der Waals surface area contributed by atoms with Gasteiger partial charge in [0.2, 0.25) is 10.0 Å². The van der Waals surface area contributed by atoms with Gasteiger partial charge in [-0.3, -0.25) is 20.2 Å². The average molecular weight is 416 g/mol. The van der Waals surface area contributed by atoms with Crippen LogP contribution in [0, 0.1) is 10.1 Å². The molecule has 2 N–H and O–H groups in total. The summed E-state index contributed by atoms with van der Waals surface area (Å²) in [7, 11) is -3.89. The molecule has 0 saturated carbocycles. The second-order valence-electron chi connectivity index (χ2n) is 5.94. The molecular formula is C16H24N4O7S. The molecule has 1 aromatic rings. The molecule has 1 aromatic carbocycles. The van der Waals surface area contributed by atoms with E-state index in [9.17, 15) is 28.1 Å². The van der Waals surface area contributed by atoms with Gasteiger partial charge >= 0.3 is 11.7 Å². The Morgan fingerprint density at radius 3 is 2.36 bits per heavy atom. The van der Waals surface area contributed by atoms with E-state index < -0.39 is 39.2 Å². The molecule has 0 heterocycles. The van der Waals surface area contributed by atoms with Crippen molar-refractivity contribution in [3.63, 3.8) is 0 Å². The fraction of sp³-hybridized carbons (Fsp3) is 0.500. The summed E-state index contributed by atoms with van der Waals surface area (Å²) in [4.78, 5) is 33.4. The Labute approximate surface area is 163 Å². The van der Waals surface area contributed by atoms with Gasteiger partial charge in [-0.05, 0) is 26.0 Å². The lowest BCUT2D eigenvalue weighted by Crippen LogP contribution is -2.44. The molecule has 12 heteroatoms. The molecule has 3 amide bonds. The number of amides is 3. The van der Waals surface area contributed by atoms with Crippen molar-refractivity contribution in [2.75, 3.05) is 19.7 Å². The van der Waals surface area contributed by atoms with Gasteiger partial charge in [0.15, 0.2) is 12.4 Å². The summed E-state index contributed by atoms with van der Waals surface area (Å²) in [5.74, 6) is -1.10. The topological polar surface area (TPSA) is 148 Å². The van der Waals surface area contributed by atoms with E-state index in [4.69, 9.17) is 4.74 Å². The highest BCUT2D eigenvalue weighted by atomic mass is 32.2. The van der Waals surface area contributed by atoms with Gasteiger partial charge in [-0.25, -0.2) is 13.2 Å². The van der Waals surface area contributed by atoms with Crippen LogP contribution < -0.4 is 15.4 Å². The van der Waals surface area contributed by atoms with Crippen LogP contribution in [0.3, 0.4) is 0 Å². The number of ether oxygens (including phenoxy) is 1. The van der Waals surface area contributed by atoms with Crippen LogP contribution in [0.2, 0.25) is 0 Å². The molecule has 0 aliphatic rings. The van der Waals surface area contributed by atoms with Gasteiger partial charge in [0.25, 0.3) is 5.91 Å². The second kappa shape index (κ2) is 9.99. The maximum atomic E-state index is 12.5. The first-order chi connectivity index (χ1) is 13.0. The summed E-state index contributed by atoms with van der Waals surface area (Å²) in [6.45, 7) is 6.49. The first kappa shape index (κ1) is 23.3. The maximum absolute atomic E-state index is 12.5. The lowest BCUT2D eigenvalue weighted by atomic mass is 10.3. The van der Waals surface area contributed by atoms with Gasteiger partial charge in [-0.1, -0.05) is 13.8 Å². The highest BCUT2D eigenvalue weighted by Gasteiger charge is 2.26. The molecule has 0 aromatic heterocycles. The van der Waals surface area contributed by atoms with Crippen molar-refractivity contribution in [1.29, 1.82) is 0 Å². The Bertz CT molecular complexity index is 835. The third-order valence-electron chi connectivity index (χ3n) is 3.50. The summed E-state index contributed by atoms with van der Waals surface area (Å²) in [5, 5.41) is 15.8. The Hall–Kier alpha value is -2.73. The number of nitro benzene ring substituents is 1. The number of nitrogens with zero attached hydrogens (tertiary/aromatic N) is 2. The minimum absolute atomic E-state index is 0.185. The number of nitro groups is 1. The van der Waals surface area contributed by atoms with Gasteiger partial charge < -0.3 is 10.1 Å². The summed E-state index contributed by atoms with van der Waals surface area (Å²) in [6.07, 6.45) is 0. The number of carbonyl (C=O) groups excluding carboxylic acids is 2. The van der Waals surface area contributed by atoms with Crippen molar-refractivity contribution in [1.82, 2.24) is 14.9 Å². The zero-order chi connectivity index (χ0) is 21.5. The predicted octanol–water partition coefficient (Wildman–Crippen LogP) is 1.24. The van der Waals surface area contributed by atoms with Crippen LogP contribution >= 0.6 is 0 Å². The molecule has 1 rings (SSSR count). The van der Waals surface area contributed by atoms with Gasteiger partial charge in [-0.15, -0.1) is 0 Å². The zero-order valence-corrected chi connectivity index (χ0v) is 16.9. The number of carbonyl (C=O) groups is 2. The van der Waals surface area contributed by atoms with E-state index in [0.29, 0.717) is 0 Å². The van der Waals surface area contributed by atoms with E-state index >= 15 is 0 Å². The fourth-order valence-corrected chi connectivity index (χ4v) is 3.72. The van der Waals surface area contributed by atoms with E-state index in [-0.39, 0.29) is 29.8 Å². The third kappa shape index (κ3) is 6.16. The number of hydrogen-bond donors (Lipinski definition) is 2. The molecular weight excluding hydrogens is 392 g/mol. The summed E-state index contributed by atoms with van der Waals surface area (Å²) >= 11 is 0. The average Bonchev–Trinajstić information content (AvgIpc) is 2.59. The second-order valence-corrected chi connectivity index (χ2v) is 7.88. The van der Waals surface area contributed by atoms with Gasteiger partial charge in [-0.2, -0.15) is 4.31 Å². The van der Waals surface area contributed by atoms with Gasteiger partial charge in [0.1, 0.15) is 0 Å². The van der Waals surface area contributed by atoms with Gasteiger partial charge in [0.05, 0.1) is 9.82 Å². The van der Waals surface area contributed by atoms with E-state index in [1.807, 2.05) is 5.32 Å². The molecule has 156 valence electrons. The van der Waals surface area contributed by atoms with Crippen molar-refractivity contribution in [3.8, 4) is 5.75 Å². The van der Waals surface area contributed by atoms with Gasteiger partial charge in [0, 0.05) is 25.2 Å². The Morgan fingerprint density at radius 2 is 1.86 bits per heavy atom. The Balaban J connectivity index is 2.99. The first-order valence-corrected chi connectivity index (χ1v) is 9.98. The van der Waals surface area contributed by atoms with Crippen molar-refractivity contribution in [3.05, 3.63) is 28.3 Å². The molecule has 11 nitrogen and oxygen atoms in total. The monoisotopic (exact) mass is 416 g/mol. The number of hydrogen-bond acceptors (Lipinski definition) is 7. The van der Waals surface area contributed by atoms with E-state index in [0.717, 1.165) is 16.4 Å². The van der Waals surface area contributed by atoms with Crippen LogP contribution in [0.5, 0.6) is 5.75 Å². The molecule has 0 atom stereocenters. The maximum Gasteiger partial charge on any atom is 0.321 e. The van der Waals surface area contributed by atoms with Crippen molar-refractivity contribution in [2.24, 2.45) is 0 Å². The quantitative estimate of drug-likeness (QED) is 0.454. The number of benzene rings is 1. The Kier molecular flexibility index (Phi) is 8.32. The number of nitrogens with one attached hydrogen (secondary N) is 2. The van der Waals surface area contributed by atoms with Crippen LogP contribution in [0.4, 0.5) is 10.5 Å². The van der Waals surface area contributed by atoms with Crippen molar-refractivity contribution in [2.45, 2.75) is 38.6 Å². The SMILES string of the molecule is CCN(CC)S(=O)(=O)c1ccc(OCC(=O)NC(=O)NC(C)C)c([N+](=O)[O-])c1.